The highest BCUT2D eigenvalue weighted by molar-refractivity contribution is 7.91. The van der Waals surface area contributed by atoms with Gasteiger partial charge in [0.25, 0.3) is 10.0 Å². The smallest absolute Gasteiger partial charge is 0.257 e. The van der Waals surface area contributed by atoms with Gasteiger partial charge in [-0.1, -0.05) is 23.2 Å². The van der Waals surface area contributed by atoms with Gasteiger partial charge in [0.15, 0.2) is 0 Å². The largest absolute Gasteiger partial charge is 0.262 e. The summed E-state index contributed by atoms with van der Waals surface area (Å²) in [5.74, 6) is 4.78. The van der Waals surface area contributed by atoms with Crippen LogP contribution in [0.2, 0.25) is 9.36 Å². The summed E-state index contributed by atoms with van der Waals surface area (Å²) < 4.78 is 22.3. The second kappa shape index (κ2) is 3.49. The first-order chi connectivity index (χ1) is 5.47. The van der Waals surface area contributed by atoms with Gasteiger partial charge in [-0.15, -0.1) is 16.2 Å². The molecule has 1 rings (SSSR count). The zero-order valence-corrected chi connectivity index (χ0v) is 8.69. The minimum atomic E-state index is -3.62. The summed E-state index contributed by atoms with van der Waals surface area (Å²) in [6.45, 7) is 0. The summed E-state index contributed by atoms with van der Waals surface area (Å²) in [7, 11) is -3.62. The fraction of sp³-hybridized carbons (Fsp3) is 0. The van der Waals surface area contributed by atoms with Crippen molar-refractivity contribution < 1.29 is 8.42 Å². The number of hydrogen-bond donors (Lipinski definition) is 2. The Morgan fingerprint density at radius 3 is 2.42 bits per heavy atom. The molecule has 0 aliphatic heterocycles. The highest BCUT2D eigenvalue weighted by Gasteiger charge is 2.16. The van der Waals surface area contributed by atoms with E-state index in [0.29, 0.717) is 0 Å². The molecular formula is C4H4Cl2N2O2S2. The topological polar surface area (TPSA) is 72.2 Å². The van der Waals surface area contributed by atoms with Crippen molar-refractivity contribution in [2.75, 3.05) is 0 Å². The molecule has 4 nitrogen and oxygen atoms in total. The molecule has 3 N–H and O–H groups in total. The number of rotatable bonds is 2. The average molecular weight is 247 g/mol. The molecule has 0 spiro atoms. The maximum atomic E-state index is 11.0. The van der Waals surface area contributed by atoms with Crippen LogP contribution in [-0.4, -0.2) is 8.42 Å². The van der Waals surface area contributed by atoms with Crippen molar-refractivity contribution in [3.05, 3.63) is 15.4 Å². The summed E-state index contributed by atoms with van der Waals surface area (Å²) in [4.78, 5) is 1.66. The van der Waals surface area contributed by atoms with Crippen molar-refractivity contribution in [2.24, 2.45) is 5.84 Å². The van der Waals surface area contributed by atoms with Crippen LogP contribution in [0.25, 0.3) is 0 Å². The van der Waals surface area contributed by atoms with Crippen molar-refractivity contribution >= 4 is 44.6 Å². The highest BCUT2D eigenvalue weighted by Crippen LogP contribution is 2.33. The van der Waals surface area contributed by atoms with Crippen molar-refractivity contribution in [1.29, 1.82) is 0 Å². The van der Waals surface area contributed by atoms with Gasteiger partial charge in [0, 0.05) is 0 Å². The molecule has 0 amide bonds. The van der Waals surface area contributed by atoms with Crippen molar-refractivity contribution in [2.45, 2.75) is 4.21 Å². The number of nitrogens with one attached hydrogen (secondary N) is 1. The minimum Gasteiger partial charge on any atom is -0.257 e. The Hall–Kier alpha value is 0.150. The molecule has 0 saturated carbocycles. The van der Waals surface area contributed by atoms with Crippen LogP contribution in [0.4, 0.5) is 0 Å². The maximum absolute atomic E-state index is 11.0. The zero-order valence-electron chi connectivity index (χ0n) is 5.54. The van der Waals surface area contributed by atoms with E-state index in [9.17, 15) is 8.42 Å². The third-order valence-electron chi connectivity index (χ3n) is 1.04. The molecule has 0 unspecified atom stereocenters. The molecule has 0 atom stereocenters. The third kappa shape index (κ3) is 1.90. The standard InChI is InChI=1S/C4H4Cl2N2O2S2/c5-2-1-3(11-4(2)6)12(9,10)8-7/h1,8H,7H2. The van der Waals surface area contributed by atoms with E-state index in [2.05, 4.69) is 0 Å². The summed E-state index contributed by atoms with van der Waals surface area (Å²) >= 11 is 11.9. The number of sulfonamides is 1. The SMILES string of the molecule is NNS(=O)(=O)c1cc(Cl)c(Cl)s1. The van der Waals surface area contributed by atoms with Crippen LogP contribution in [0.1, 0.15) is 0 Å². The molecule has 1 aromatic rings. The lowest BCUT2D eigenvalue weighted by Gasteiger charge is -1.94. The molecule has 8 heteroatoms. The van der Waals surface area contributed by atoms with Crippen LogP contribution in [0.5, 0.6) is 0 Å². The van der Waals surface area contributed by atoms with Gasteiger partial charge in [-0.2, -0.15) is 0 Å². The van der Waals surface area contributed by atoms with E-state index in [0.717, 1.165) is 11.3 Å². The molecule has 0 fully saturated rings. The first kappa shape index (κ1) is 10.2. The lowest BCUT2D eigenvalue weighted by molar-refractivity contribution is 0.586. The van der Waals surface area contributed by atoms with Crippen LogP contribution in [0, 0.1) is 0 Å². The zero-order chi connectivity index (χ0) is 9.35. The highest BCUT2D eigenvalue weighted by atomic mass is 35.5. The van der Waals surface area contributed by atoms with Gasteiger partial charge < -0.3 is 0 Å². The number of hydrogen-bond acceptors (Lipinski definition) is 4. The van der Waals surface area contributed by atoms with E-state index < -0.39 is 10.0 Å². The number of hydrazine groups is 1. The summed E-state index contributed by atoms with van der Waals surface area (Å²) in [6.07, 6.45) is 0. The molecule has 0 radical (unpaired) electrons. The molecule has 1 aromatic heterocycles. The van der Waals surface area contributed by atoms with Crippen molar-refractivity contribution in [3.8, 4) is 0 Å². The van der Waals surface area contributed by atoms with Crippen molar-refractivity contribution in [1.82, 2.24) is 4.83 Å². The predicted octanol–water partition coefficient (Wildman–Crippen LogP) is 1.21. The van der Waals surface area contributed by atoms with E-state index in [1.807, 2.05) is 0 Å². The molecule has 0 bridgehead atoms. The molecule has 0 aliphatic carbocycles. The monoisotopic (exact) mass is 246 g/mol. The van der Waals surface area contributed by atoms with E-state index >= 15 is 0 Å². The Morgan fingerprint density at radius 1 is 1.50 bits per heavy atom. The molecule has 68 valence electrons. The number of thiophene rings is 1. The second-order valence-electron chi connectivity index (χ2n) is 1.81. The molecular weight excluding hydrogens is 243 g/mol. The van der Waals surface area contributed by atoms with E-state index in [4.69, 9.17) is 29.0 Å². The van der Waals surface area contributed by atoms with Gasteiger partial charge in [-0.3, -0.25) is 5.84 Å². The van der Waals surface area contributed by atoms with Gasteiger partial charge in [-0.05, 0) is 6.07 Å². The van der Waals surface area contributed by atoms with Crippen molar-refractivity contribution in [3.63, 3.8) is 0 Å². The normalized spacial score (nSPS) is 11.9. The van der Waals surface area contributed by atoms with Crippen LogP contribution >= 0.6 is 34.5 Å². The Bertz CT molecular complexity index is 366. The van der Waals surface area contributed by atoms with Crippen LogP contribution in [-0.2, 0) is 10.0 Å². The summed E-state index contributed by atoms with van der Waals surface area (Å²) in [5.41, 5.74) is 0. The van der Waals surface area contributed by atoms with Crippen LogP contribution in [0.3, 0.4) is 0 Å². The van der Waals surface area contributed by atoms with Gasteiger partial charge in [0.1, 0.15) is 8.55 Å². The fourth-order valence-electron chi connectivity index (χ4n) is 0.517. The van der Waals surface area contributed by atoms with E-state index in [-0.39, 0.29) is 13.6 Å². The Balaban J connectivity index is 3.22. The van der Waals surface area contributed by atoms with Gasteiger partial charge >= 0.3 is 0 Å². The van der Waals surface area contributed by atoms with E-state index in [1.54, 1.807) is 4.83 Å². The Morgan fingerprint density at radius 2 is 2.08 bits per heavy atom. The van der Waals surface area contributed by atoms with E-state index in [1.165, 1.54) is 6.07 Å². The molecule has 0 aromatic carbocycles. The molecule has 0 aliphatic rings. The number of halogens is 2. The number of nitrogens with two attached hydrogens (primary N) is 1. The molecule has 12 heavy (non-hydrogen) atoms. The van der Waals surface area contributed by atoms with Crippen LogP contribution in [0.15, 0.2) is 10.3 Å². The average Bonchev–Trinajstić information content (AvgIpc) is 2.33. The Labute approximate surface area is 83.3 Å². The van der Waals surface area contributed by atoms with Crippen LogP contribution < -0.4 is 10.7 Å². The van der Waals surface area contributed by atoms with Gasteiger partial charge in [0.05, 0.1) is 5.02 Å². The maximum Gasteiger partial charge on any atom is 0.262 e. The third-order valence-corrected chi connectivity index (χ3v) is 4.57. The van der Waals surface area contributed by atoms with Gasteiger partial charge in [0.2, 0.25) is 0 Å². The van der Waals surface area contributed by atoms with Gasteiger partial charge in [-0.25, -0.2) is 8.42 Å². The predicted molar refractivity (Wildman–Crippen MR) is 48.8 cm³/mol. The Kier molecular flexibility index (Phi) is 2.97. The summed E-state index contributed by atoms with van der Waals surface area (Å²) in [5, 5.41) is 0.204. The fourth-order valence-corrected chi connectivity index (χ4v) is 3.04. The summed E-state index contributed by atoms with van der Waals surface area (Å²) in [6, 6.07) is 1.24. The quantitative estimate of drug-likeness (QED) is 0.609. The minimum absolute atomic E-state index is 0.000000000000000666. The lowest BCUT2D eigenvalue weighted by Crippen LogP contribution is -2.29. The molecule has 1 heterocycles. The first-order valence-electron chi connectivity index (χ1n) is 2.64. The first-order valence-corrected chi connectivity index (χ1v) is 5.70. The second-order valence-corrected chi connectivity index (χ2v) is 5.81. The molecule has 0 saturated heterocycles. The lowest BCUT2D eigenvalue weighted by atomic mass is 10.7.